The highest BCUT2D eigenvalue weighted by Crippen LogP contribution is 2.31. The van der Waals surface area contributed by atoms with E-state index in [2.05, 4.69) is 15.6 Å². The van der Waals surface area contributed by atoms with Crippen LogP contribution in [0, 0.1) is 13.8 Å². The number of anilines is 1. The molecule has 1 aromatic heterocycles. The van der Waals surface area contributed by atoms with Crippen LogP contribution < -0.4 is 10.2 Å². The summed E-state index contributed by atoms with van der Waals surface area (Å²) in [5.41, 5.74) is 4.80. The van der Waals surface area contributed by atoms with Crippen molar-refractivity contribution in [3.63, 3.8) is 0 Å². The zero-order valence-corrected chi connectivity index (χ0v) is 20.1. The summed E-state index contributed by atoms with van der Waals surface area (Å²) in [6.45, 7) is 4.58. The molecule has 4 rings (SSSR count). The molecule has 0 aliphatic heterocycles. The molecule has 0 saturated carbocycles. The SMILES string of the molecule is COCCNC(=O)C(c1ccccc1)N(C(=O)Cn1nnc2ccccc21)c1ccc(C)cc1C. The van der Waals surface area contributed by atoms with Crippen molar-refractivity contribution < 1.29 is 14.3 Å². The lowest BCUT2D eigenvalue weighted by Gasteiger charge is -2.32. The molecule has 0 bridgehead atoms. The average Bonchev–Trinajstić information content (AvgIpc) is 3.26. The number of carbonyl (C=O) groups excluding carboxylic acids is 2. The second-order valence-corrected chi connectivity index (χ2v) is 8.39. The quantitative estimate of drug-likeness (QED) is 0.377. The lowest BCUT2D eigenvalue weighted by molar-refractivity contribution is -0.127. The molecule has 8 nitrogen and oxygen atoms in total. The number of ether oxygens (including phenoxy) is 1. The number of carbonyl (C=O) groups is 2. The van der Waals surface area contributed by atoms with Gasteiger partial charge in [0.25, 0.3) is 0 Å². The van der Waals surface area contributed by atoms with E-state index in [9.17, 15) is 9.59 Å². The van der Waals surface area contributed by atoms with Gasteiger partial charge in [-0.05, 0) is 43.2 Å². The number of nitrogens with one attached hydrogen (secondary N) is 1. The number of methoxy groups -OCH3 is 1. The molecule has 180 valence electrons. The van der Waals surface area contributed by atoms with E-state index in [4.69, 9.17) is 4.74 Å². The number of amides is 2. The Balaban J connectivity index is 1.79. The van der Waals surface area contributed by atoms with Crippen LogP contribution in [-0.4, -0.2) is 47.1 Å². The molecular formula is C27H29N5O3. The van der Waals surface area contributed by atoms with Gasteiger partial charge in [0.05, 0.1) is 12.1 Å². The predicted molar refractivity (Wildman–Crippen MR) is 135 cm³/mol. The van der Waals surface area contributed by atoms with Crippen LogP contribution in [0.3, 0.4) is 0 Å². The van der Waals surface area contributed by atoms with E-state index in [-0.39, 0.29) is 18.4 Å². The molecule has 4 aromatic rings. The first-order chi connectivity index (χ1) is 17.0. The molecule has 0 spiro atoms. The number of para-hydroxylation sites is 1. The highest BCUT2D eigenvalue weighted by atomic mass is 16.5. The summed E-state index contributed by atoms with van der Waals surface area (Å²) in [6.07, 6.45) is 0. The largest absolute Gasteiger partial charge is 0.383 e. The number of hydrogen-bond donors (Lipinski definition) is 1. The predicted octanol–water partition coefficient (Wildman–Crippen LogP) is 3.59. The van der Waals surface area contributed by atoms with E-state index >= 15 is 0 Å². The second kappa shape index (κ2) is 10.9. The summed E-state index contributed by atoms with van der Waals surface area (Å²) >= 11 is 0. The van der Waals surface area contributed by atoms with Gasteiger partial charge in [-0.25, -0.2) is 4.68 Å². The van der Waals surface area contributed by atoms with Crippen molar-refractivity contribution in [1.82, 2.24) is 20.3 Å². The second-order valence-electron chi connectivity index (χ2n) is 8.39. The van der Waals surface area contributed by atoms with Crippen molar-refractivity contribution in [1.29, 1.82) is 0 Å². The van der Waals surface area contributed by atoms with Gasteiger partial charge < -0.3 is 10.1 Å². The van der Waals surface area contributed by atoms with Gasteiger partial charge in [-0.3, -0.25) is 14.5 Å². The lowest BCUT2D eigenvalue weighted by atomic mass is 10.0. The third kappa shape index (κ3) is 5.38. The van der Waals surface area contributed by atoms with Crippen molar-refractivity contribution in [2.24, 2.45) is 0 Å². The Hall–Kier alpha value is -4.04. The van der Waals surface area contributed by atoms with Crippen LogP contribution in [0.25, 0.3) is 11.0 Å². The van der Waals surface area contributed by atoms with Gasteiger partial charge >= 0.3 is 0 Å². The highest BCUT2D eigenvalue weighted by Gasteiger charge is 2.33. The van der Waals surface area contributed by atoms with E-state index < -0.39 is 6.04 Å². The fraction of sp³-hybridized carbons (Fsp3) is 0.259. The highest BCUT2D eigenvalue weighted by molar-refractivity contribution is 6.02. The van der Waals surface area contributed by atoms with Crippen LogP contribution in [0.4, 0.5) is 5.69 Å². The van der Waals surface area contributed by atoms with Gasteiger partial charge in [0, 0.05) is 19.3 Å². The first-order valence-electron chi connectivity index (χ1n) is 11.5. The maximum Gasteiger partial charge on any atom is 0.249 e. The molecule has 1 unspecified atom stereocenters. The number of hydrogen-bond acceptors (Lipinski definition) is 5. The monoisotopic (exact) mass is 471 g/mol. The van der Waals surface area contributed by atoms with Crippen LogP contribution in [0.15, 0.2) is 72.8 Å². The third-order valence-corrected chi connectivity index (χ3v) is 5.81. The molecule has 3 aromatic carbocycles. The first-order valence-corrected chi connectivity index (χ1v) is 11.5. The van der Waals surface area contributed by atoms with E-state index in [0.29, 0.717) is 29.9 Å². The summed E-state index contributed by atoms with van der Waals surface area (Å²) in [5, 5.41) is 11.3. The van der Waals surface area contributed by atoms with Gasteiger partial charge in [0.15, 0.2) is 0 Å². The number of benzene rings is 3. The van der Waals surface area contributed by atoms with Crippen molar-refractivity contribution >= 4 is 28.5 Å². The van der Waals surface area contributed by atoms with Crippen LogP contribution in [0.2, 0.25) is 0 Å². The zero-order valence-electron chi connectivity index (χ0n) is 20.1. The minimum Gasteiger partial charge on any atom is -0.383 e. The minimum absolute atomic E-state index is 0.0669. The zero-order chi connectivity index (χ0) is 24.8. The topological polar surface area (TPSA) is 89.4 Å². The Kier molecular flexibility index (Phi) is 7.52. The molecule has 1 heterocycles. The number of fused-ring (bicyclic) bond motifs is 1. The molecule has 0 fully saturated rings. The van der Waals surface area contributed by atoms with Gasteiger partial charge in [-0.15, -0.1) is 5.10 Å². The van der Waals surface area contributed by atoms with Gasteiger partial charge in [0.1, 0.15) is 18.1 Å². The lowest BCUT2D eigenvalue weighted by Crippen LogP contribution is -2.46. The molecule has 1 atom stereocenters. The summed E-state index contributed by atoms with van der Waals surface area (Å²) in [5.74, 6) is -0.562. The Morgan fingerprint density at radius 1 is 1.03 bits per heavy atom. The van der Waals surface area contributed by atoms with Crippen molar-refractivity contribution in [3.05, 3.63) is 89.5 Å². The van der Waals surface area contributed by atoms with Crippen LogP contribution in [0.5, 0.6) is 0 Å². The van der Waals surface area contributed by atoms with Gasteiger partial charge in [-0.2, -0.15) is 0 Å². The van der Waals surface area contributed by atoms with Crippen molar-refractivity contribution in [2.45, 2.75) is 26.4 Å². The van der Waals surface area contributed by atoms with Crippen LogP contribution >= 0.6 is 0 Å². The maximum absolute atomic E-state index is 14.0. The minimum atomic E-state index is -0.878. The normalized spacial score (nSPS) is 11.9. The Labute approximate surface area is 204 Å². The molecular weight excluding hydrogens is 442 g/mol. The summed E-state index contributed by atoms with van der Waals surface area (Å²) in [6, 6.07) is 21.8. The molecule has 35 heavy (non-hydrogen) atoms. The molecule has 0 aliphatic rings. The van der Waals surface area contributed by atoms with E-state index in [0.717, 1.165) is 16.6 Å². The molecule has 8 heteroatoms. The van der Waals surface area contributed by atoms with Gasteiger partial charge in [0.2, 0.25) is 11.8 Å². The molecule has 0 saturated heterocycles. The molecule has 0 radical (unpaired) electrons. The maximum atomic E-state index is 14.0. The molecule has 2 amide bonds. The number of nitrogens with zero attached hydrogens (tertiary/aromatic N) is 4. The standard InChI is InChI=1S/C27H29N5O3/c1-19-13-14-23(20(2)17-19)32(25(33)18-31-24-12-8-7-11-22(24)29-30-31)26(21-9-5-4-6-10-21)27(34)28-15-16-35-3/h4-14,17,26H,15-16,18H2,1-3H3,(H,28,34). The van der Waals surface area contributed by atoms with E-state index in [1.54, 1.807) is 16.7 Å². The van der Waals surface area contributed by atoms with Crippen LogP contribution in [0.1, 0.15) is 22.7 Å². The number of rotatable bonds is 9. The number of aromatic nitrogens is 3. The number of aryl methyl sites for hydroxylation is 2. The van der Waals surface area contributed by atoms with E-state index in [1.165, 1.54) is 0 Å². The summed E-state index contributed by atoms with van der Waals surface area (Å²) in [7, 11) is 1.58. The smallest absolute Gasteiger partial charge is 0.249 e. The third-order valence-electron chi connectivity index (χ3n) is 5.81. The fourth-order valence-corrected chi connectivity index (χ4v) is 4.16. The van der Waals surface area contributed by atoms with Crippen molar-refractivity contribution in [3.8, 4) is 0 Å². The van der Waals surface area contributed by atoms with Crippen LogP contribution in [-0.2, 0) is 20.9 Å². The molecule has 0 aliphatic carbocycles. The molecule has 1 N–H and O–H groups in total. The Morgan fingerprint density at radius 2 is 1.77 bits per heavy atom. The summed E-state index contributed by atoms with van der Waals surface area (Å²) < 4.78 is 6.67. The Morgan fingerprint density at radius 3 is 2.51 bits per heavy atom. The van der Waals surface area contributed by atoms with Gasteiger partial charge in [-0.1, -0.05) is 65.4 Å². The van der Waals surface area contributed by atoms with E-state index in [1.807, 2.05) is 86.6 Å². The van der Waals surface area contributed by atoms with Crippen molar-refractivity contribution in [2.75, 3.05) is 25.2 Å². The fourth-order valence-electron chi connectivity index (χ4n) is 4.16. The first kappa shape index (κ1) is 24.1. The average molecular weight is 472 g/mol. The summed E-state index contributed by atoms with van der Waals surface area (Å²) in [4.78, 5) is 29.1. The Bertz CT molecular complexity index is 1320.